The molecule has 0 radical (unpaired) electrons. The van der Waals surface area contributed by atoms with Crippen LogP contribution in [0.4, 0.5) is 11.4 Å². The van der Waals surface area contributed by atoms with Crippen LogP contribution in [0.15, 0.2) is 48.5 Å². The molecule has 0 bridgehead atoms. The number of piperidine rings is 1. The second kappa shape index (κ2) is 9.38. The van der Waals surface area contributed by atoms with Crippen LogP contribution in [0.5, 0.6) is 0 Å². The van der Waals surface area contributed by atoms with Gasteiger partial charge >= 0.3 is 0 Å². The Labute approximate surface area is 183 Å². The Balaban J connectivity index is 1.51. The van der Waals surface area contributed by atoms with Gasteiger partial charge in [0.1, 0.15) is 0 Å². The van der Waals surface area contributed by atoms with Gasteiger partial charge in [0, 0.05) is 55.7 Å². The number of carbonyl (C=O) groups is 2. The van der Waals surface area contributed by atoms with Gasteiger partial charge in [-0.15, -0.1) is 0 Å². The summed E-state index contributed by atoms with van der Waals surface area (Å²) < 4.78 is 24.9. The maximum atomic E-state index is 12.7. The van der Waals surface area contributed by atoms with Gasteiger partial charge in [-0.05, 0) is 61.4 Å². The summed E-state index contributed by atoms with van der Waals surface area (Å²) in [4.78, 5) is 29.0. The van der Waals surface area contributed by atoms with Crippen LogP contribution in [-0.4, -0.2) is 64.6 Å². The smallest absolute Gasteiger partial charge is 0.253 e. The van der Waals surface area contributed by atoms with E-state index in [2.05, 4.69) is 10.0 Å². The molecule has 166 valence electrons. The van der Waals surface area contributed by atoms with Gasteiger partial charge in [-0.3, -0.25) is 14.3 Å². The third-order valence-electron chi connectivity index (χ3n) is 5.20. The molecule has 1 aliphatic rings. The zero-order chi connectivity index (χ0) is 22.6. The van der Waals surface area contributed by atoms with Crippen molar-refractivity contribution in [2.75, 3.05) is 43.1 Å². The number of hydrogen-bond acceptors (Lipinski definition) is 5. The SMILES string of the molecule is CN(C)c1ccc(C(=O)N2CCC(NC(=O)c3ccc(NS(C)(=O)=O)cc3)CC2)cc1. The highest BCUT2D eigenvalue weighted by atomic mass is 32.2. The first-order valence-corrected chi connectivity index (χ1v) is 12.0. The Morgan fingerprint density at radius 2 is 1.48 bits per heavy atom. The van der Waals surface area contributed by atoms with Gasteiger partial charge in [0.15, 0.2) is 0 Å². The molecule has 2 amide bonds. The molecule has 1 fully saturated rings. The van der Waals surface area contributed by atoms with Gasteiger partial charge in [0.2, 0.25) is 10.0 Å². The predicted octanol–water partition coefficient (Wildman–Crippen LogP) is 2.16. The molecule has 2 N–H and O–H groups in total. The van der Waals surface area contributed by atoms with E-state index in [1.807, 2.05) is 48.2 Å². The molecular weight excluding hydrogens is 416 g/mol. The topological polar surface area (TPSA) is 98.8 Å². The fourth-order valence-electron chi connectivity index (χ4n) is 3.48. The van der Waals surface area contributed by atoms with E-state index in [4.69, 9.17) is 0 Å². The molecule has 1 aliphatic heterocycles. The maximum absolute atomic E-state index is 12.7. The predicted molar refractivity (Wildman–Crippen MR) is 122 cm³/mol. The van der Waals surface area contributed by atoms with E-state index in [-0.39, 0.29) is 17.9 Å². The summed E-state index contributed by atoms with van der Waals surface area (Å²) in [5, 5.41) is 3.00. The van der Waals surface area contributed by atoms with Crippen LogP contribution in [-0.2, 0) is 10.0 Å². The van der Waals surface area contributed by atoms with Crippen LogP contribution in [0, 0.1) is 0 Å². The number of likely N-dealkylation sites (tertiary alicyclic amines) is 1. The molecule has 2 aromatic carbocycles. The third-order valence-corrected chi connectivity index (χ3v) is 5.80. The van der Waals surface area contributed by atoms with Crippen molar-refractivity contribution in [3.63, 3.8) is 0 Å². The quantitative estimate of drug-likeness (QED) is 0.711. The van der Waals surface area contributed by atoms with E-state index in [1.54, 1.807) is 24.3 Å². The first-order valence-electron chi connectivity index (χ1n) is 10.1. The number of anilines is 2. The molecule has 1 heterocycles. The van der Waals surface area contributed by atoms with Crippen LogP contribution in [0.3, 0.4) is 0 Å². The molecule has 0 saturated carbocycles. The van der Waals surface area contributed by atoms with Crippen molar-refractivity contribution >= 4 is 33.2 Å². The average Bonchev–Trinajstić information content (AvgIpc) is 2.73. The molecule has 1 saturated heterocycles. The van der Waals surface area contributed by atoms with Crippen molar-refractivity contribution < 1.29 is 18.0 Å². The van der Waals surface area contributed by atoms with Crippen molar-refractivity contribution in [1.29, 1.82) is 0 Å². The minimum absolute atomic E-state index is 0.00375. The van der Waals surface area contributed by atoms with E-state index in [0.29, 0.717) is 42.7 Å². The normalized spacial score (nSPS) is 14.7. The highest BCUT2D eigenvalue weighted by Gasteiger charge is 2.25. The van der Waals surface area contributed by atoms with E-state index in [1.165, 1.54) is 0 Å². The van der Waals surface area contributed by atoms with Crippen molar-refractivity contribution in [2.45, 2.75) is 18.9 Å². The monoisotopic (exact) mass is 444 g/mol. The number of rotatable bonds is 6. The summed E-state index contributed by atoms with van der Waals surface area (Å²) in [5.41, 5.74) is 2.57. The Bertz CT molecular complexity index is 1030. The highest BCUT2D eigenvalue weighted by Crippen LogP contribution is 2.18. The van der Waals surface area contributed by atoms with Gasteiger partial charge in [-0.2, -0.15) is 0 Å². The molecule has 3 rings (SSSR count). The van der Waals surface area contributed by atoms with Crippen molar-refractivity contribution in [2.24, 2.45) is 0 Å². The van der Waals surface area contributed by atoms with Crippen LogP contribution in [0.25, 0.3) is 0 Å². The Morgan fingerprint density at radius 3 is 2.00 bits per heavy atom. The van der Waals surface area contributed by atoms with Gasteiger partial charge in [0.25, 0.3) is 11.8 Å². The Morgan fingerprint density at radius 1 is 0.935 bits per heavy atom. The van der Waals surface area contributed by atoms with Gasteiger partial charge in [-0.1, -0.05) is 0 Å². The lowest BCUT2D eigenvalue weighted by Crippen LogP contribution is -2.46. The maximum Gasteiger partial charge on any atom is 0.253 e. The summed E-state index contributed by atoms with van der Waals surface area (Å²) in [6, 6.07) is 13.8. The second-order valence-electron chi connectivity index (χ2n) is 7.93. The van der Waals surface area contributed by atoms with Gasteiger partial charge < -0.3 is 15.1 Å². The first-order chi connectivity index (χ1) is 14.6. The molecular formula is C22H28N4O4S. The first kappa shape index (κ1) is 22.6. The van der Waals surface area contributed by atoms with Crippen molar-refractivity contribution in [1.82, 2.24) is 10.2 Å². The summed E-state index contributed by atoms with van der Waals surface area (Å²) in [7, 11) is 0.554. The average molecular weight is 445 g/mol. The number of benzene rings is 2. The summed E-state index contributed by atoms with van der Waals surface area (Å²) in [6.07, 6.45) is 2.44. The van der Waals surface area contributed by atoms with E-state index >= 15 is 0 Å². The molecule has 8 nitrogen and oxygen atoms in total. The van der Waals surface area contributed by atoms with Crippen molar-refractivity contribution in [3.8, 4) is 0 Å². The molecule has 0 atom stereocenters. The standard InChI is InChI=1S/C22H28N4O4S/c1-25(2)20-10-6-17(7-11-20)22(28)26-14-12-18(13-15-26)23-21(27)16-4-8-19(9-5-16)24-31(3,29)30/h4-11,18,24H,12-15H2,1-3H3,(H,23,27). The minimum atomic E-state index is -3.36. The summed E-state index contributed by atoms with van der Waals surface area (Å²) >= 11 is 0. The summed E-state index contributed by atoms with van der Waals surface area (Å²) in [5.74, 6) is -0.209. The zero-order valence-corrected chi connectivity index (χ0v) is 18.8. The molecule has 0 aromatic heterocycles. The van der Waals surface area contributed by atoms with Crippen LogP contribution in [0.2, 0.25) is 0 Å². The Kier molecular flexibility index (Phi) is 6.84. The number of amides is 2. The largest absolute Gasteiger partial charge is 0.378 e. The van der Waals surface area contributed by atoms with Gasteiger partial charge in [-0.25, -0.2) is 8.42 Å². The number of carbonyl (C=O) groups excluding carboxylic acids is 2. The van der Waals surface area contributed by atoms with E-state index in [0.717, 1.165) is 11.9 Å². The molecule has 9 heteroatoms. The van der Waals surface area contributed by atoms with Gasteiger partial charge in [0.05, 0.1) is 6.26 Å². The fourth-order valence-corrected chi connectivity index (χ4v) is 4.05. The number of nitrogens with zero attached hydrogens (tertiary/aromatic N) is 2. The lowest BCUT2D eigenvalue weighted by atomic mass is 10.0. The molecule has 2 aromatic rings. The summed E-state index contributed by atoms with van der Waals surface area (Å²) in [6.45, 7) is 1.16. The van der Waals surface area contributed by atoms with Crippen molar-refractivity contribution in [3.05, 3.63) is 59.7 Å². The third kappa shape index (κ3) is 6.21. The Hall–Kier alpha value is -3.07. The second-order valence-corrected chi connectivity index (χ2v) is 9.68. The minimum Gasteiger partial charge on any atom is -0.378 e. The number of nitrogens with one attached hydrogen (secondary N) is 2. The van der Waals surface area contributed by atoms with Crippen LogP contribution < -0.4 is 14.9 Å². The molecule has 0 aliphatic carbocycles. The van der Waals surface area contributed by atoms with Crippen LogP contribution >= 0.6 is 0 Å². The van der Waals surface area contributed by atoms with E-state index < -0.39 is 10.0 Å². The molecule has 31 heavy (non-hydrogen) atoms. The fraction of sp³-hybridized carbons (Fsp3) is 0.364. The van der Waals surface area contributed by atoms with E-state index in [9.17, 15) is 18.0 Å². The lowest BCUT2D eigenvalue weighted by Gasteiger charge is -2.32. The molecule has 0 unspecified atom stereocenters. The lowest BCUT2D eigenvalue weighted by molar-refractivity contribution is 0.0698. The number of sulfonamides is 1. The molecule has 0 spiro atoms. The van der Waals surface area contributed by atoms with Crippen LogP contribution in [0.1, 0.15) is 33.6 Å². The zero-order valence-electron chi connectivity index (χ0n) is 18.0. The number of hydrogen-bond donors (Lipinski definition) is 2. The highest BCUT2D eigenvalue weighted by molar-refractivity contribution is 7.92.